The maximum Gasteiger partial charge on any atom is 0.240 e. The van der Waals surface area contributed by atoms with Crippen LogP contribution in [0.5, 0.6) is 0 Å². The number of amides is 2. The van der Waals surface area contributed by atoms with Gasteiger partial charge in [0.25, 0.3) is 0 Å². The van der Waals surface area contributed by atoms with Crippen LogP contribution in [0.1, 0.15) is 57.1 Å². The van der Waals surface area contributed by atoms with E-state index in [1.54, 1.807) is 0 Å². The van der Waals surface area contributed by atoms with Crippen LogP contribution >= 0.6 is 0 Å². The number of hydrazone groups is 2. The van der Waals surface area contributed by atoms with Gasteiger partial charge in [-0.2, -0.15) is 10.2 Å². The van der Waals surface area contributed by atoms with Gasteiger partial charge in [0, 0.05) is 12.8 Å². The second-order valence-electron chi connectivity index (χ2n) is 9.15. The zero-order valence-electron chi connectivity index (χ0n) is 21.3. The monoisotopic (exact) mass is 492 g/mol. The van der Waals surface area contributed by atoms with E-state index in [1.165, 1.54) is 10.8 Å². The van der Waals surface area contributed by atoms with Crippen LogP contribution in [0.2, 0.25) is 0 Å². The molecule has 0 fully saturated rings. The van der Waals surface area contributed by atoms with Crippen LogP contribution in [-0.2, 0) is 9.59 Å². The lowest BCUT2D eigenvalue weighted by Crippen LogP contribution is -2.19. The molecule has 4 aromatic rings. The fourth-order valence-corrected chi connectivity index (χ4v) is 4.11. The van der Waals surface area contributed by atoms with Crippen molar-refractivity contribution in [3.63, 3.8) is 0 Å². The fraction of sp³-hybridized carbons (Fsp3) is 0.226. The van der Waals surface area contributed by atoms with E-state index in [2.05, 4.69) is 69.6 Å². The maximum absolute atomic E-state index is 12.2. The van der Waals surface area contributed by atoms with E-state index in [4.69, 9.17) is 0 Å². The predicted octanol–water partition coefficient (Wildman–Crippen LogP) is 6.32. The normalized spacial score (nSPS) is 12.1. The average molecular weight is 493 g/mol. The summed E-state index contributed by atoms with van der Waals surface area (Å²) in [5, 5.41) is 13.1. The Kier molecular flexibility index (Phi) is 8.76. The highest BCUT2D eigenvalue weighted by atomic mass is 16.2. The molecule has 2 amide bonds. The topological polar surface area (TPSA) is 82.9 Å². The summed E-state index contributed by atoms with van der Waals surface area (Å²) in [6.45, 7) is 3.76. The van der Waals surface area contributed by atoms with Gasteiger partial charge in [-0.3, -0.25) is 9.59 Å². The van der Waals surface area contributed by atoms with Gasteiger partial charge in [0.1, 0.15) is 0 Å². The Hall–Kier alpha value is -4.32. The van der Waals surface area contributed by atoms with E-state index < -0.39 is 0 Å². The van der Waals surface area contributed by atoms with Crippen molar-refractivity contribution in [3.05, 3.63) is 96.1 Å². The van der Waals surface area contributed by atoms with Crippen molar-refractivity contribution in [1.29, 1.82) is 0 Å². The van der Waals surface area contributed by atoms with Gasteiger partial charge in [-0.25, -0.2) is 10.9 Å². The summed E-state index contributed by atoms with van der Waals surface area (Å²) in [5.41, 5.74) is 8.75. The summed E-state index contributed by atoms with van der Waals surface area (Å²) in [7, 11) is 0. The van der Waals surface area contributed by atoms with Crippen molar-refractivity contribution < 1.29 is 9.59 Å². The first kappa shape index (κ1) is 25.8. The van der Waals surface area contributed by atoms with Gasteiger partial charge in [-0.1, -0.05) is 79.2 Å². The molecule has 188 valence electrons. The molecule has 0 aliphatic heterocycles. The maximum atomic E-state index is 12.2. The van der Waals surface area contributed by atoms with Crippen molar-refractivity contribution in [2.24, 2.45) is 10.2 Å². The van der Waals surface area contributed by atoms with Crippen molar-refractivity contribution in [2.45, 2.75) is 46.0 Å². The van der Waals surface area contributed by atoms with Gasteiger partial charge < -0.3 is 0 Å². The third kappa shape index (κ3) is 7.34. The number of nitrogens with one attached hydrogen (secondary N) is 2. The molecule has 4 aromatic carbocycles. The Balaban J connectivity index is 1.14. The van der Waals surface area contributed by atoms with Gasteiger partial charge in [0.2, 0.25) is 11.8 Å². The van der Waals surface area contributed by atoms with Gasteiger partial charge in [-0.05, 0) is 71.5 Å². The molecule has 6 nitrogen and oxygen atoms in total. The Bertz CT molecular complexity index is 1360. The first-order valence-electron chi connectivity index (χ1n) is 12.6. The standard InChI is InChI=1S/C31H32N4O2/c1-22(26-18-16-24-10-6-8-12-28(24)20-26)32-34-30(36)14-4-3-5-15-31(37)35-33-23(2)27-19-17-25-11-7-9-13-29(25)21-27/h6-13,16-21H,3-5,14-15H2,1-2H3,(H,34,36)(H,35,37)/b32-22+,33-23+. The number of carbonyl (C=O) groups is 2. The number of fused-ring (bicyclic) bond motifs is 2. The van der Waals surface area contributed by atoms with Gasteiger partial charge in [-0.15, -0.1) is 0 Å². The first-order chi connectivity index (χ1) is 18.0. The van der Waals surface area contributed by atoms with Crippen LogP contribution in [-0.4, -0.2) is 23.2 Å². The first-order valence-corrected chi connectivity index (χ1v) is 12.6. The molecule has 2 N–H and O–H groups in total. The number of unbranched alkanes of at least 4 members (excludes halogenated alkanes) is 2. The number of rotatable bonds is 10. The van der Waals surface area contributed by atoms with Gasteiger partial charge in [0.15, 0.2) is 0 Å². The Labute approximate surface area is 217 Å². The molecule has 0 aromatic heterocycles. The number of hydrogen-bond acceptors (Lipinski definition) is 4. The summed E-state index contributed by atoms with van der Waals surface area (Å²) >= 11 is 0. The number of carbonyl (C=O) groups excluding carboxylic acids is 2. The Morgan fingerprint density at radius 3 is 1.41 bits per heavy atom. The number of benzene rings is 4. The quantitative estimate of drug-likeness (QED) is 0.154. The molecule has 0 heterocycles. The Morgan fingerprint density at radius 1 is 0.568 bits per heavy atom. The number of hydrogen-bond donors (Lipinski definition) is 2. The summed E-state index contributed by atoms with van der Waals surface area (Å²) < 4.78 is 0. The molecule has 0 aliphatic rings. The average Bonchev–Trinajstić information content (AvgIpc) is 2.93. The molecule has 0 bridgehead atoms. The molecule has 0 unspecified atom stereocenters. The predicted molar refractivity (Wildman–Crippen MR) is 152 cm³/mol. The minimum atomic E-state index is -0.125. The van der Waals surface area contributed by atoms with E-state index in [0.29, 0.717) is 25.7 Å². The zero-order valence-corrected chi connectivity index (χ0v) is 21.3. The van der Waals surface area contributed by atoms with Crippen LogP contribution in [0.3, 0.4) is 0 Å². The minimum Gasteiger partial charge on any atom is -0.273 e. The van der Waals surface area contributed by atoms with Crippen LogP contribution < -0.4 is 10.9 Å². The molecule has 0 aliphatic carbocycles. The molecule has 0 spiro atoms. The van der Waals surface area contributed by atoms with E-state index in [-0.39, 0.29) is 11.8 Å². The van der Waals surface area contributed by atoms with Gasteiger partial charge in [0.05, 0.1) is 11.4 Å². The smallest absolute Gasteiger partial charge is 0.240 e. The third-order valence-electron chi connectivity index (χ3n) is 6.34. The second-order valence-corrected chi connectivity index (χ2v) is 9.15. The van der Waals surface area contributed by atoms with Crippen LogP contribution in [0.25, 0.3) is 21.5 Å². The zero-order chi connectivity index (χ0) is 26.0. The SMILES string of the molecule is C/C(=N\NC(=O)CCCCCC(=O)N/N=C(\C)c1ccc2ccccc2c1)c1ccc2ccccc2c1. The van der Waals surface area contributed by atoms with E-state index >= 15 is 0 Å². The minimum absolute atomic E-state index is 0.125. The van der Waals surface area contributed by atoms with Crippen LogP contribution in [0.4, 0.5) is 0 Å². The Morgan fingerprint density at radius 2 is 0.973 bits per heavy atom. The molecule has 0 saturated carbocycles. The molecule has 37 heavy (non-hydrogen) atoms. The van der Waals surface area contributed by atoms with Crippen molar-refractivity contribution >= 4 is 44.8 Å². The van der Waals surface area contributed by atoms with Gasteiger partial charge >= 0.3 is 0 Å². The van der Waals surface area contributed by atoms with E-state index in [1.807, 2.05) is 50.2 Å². The second kappa shape index (κ2) is 12.6. The van der Waals surface area contributed by atoms with E-state index in [9.17, 15) is 9.59 Å². The molecular formula is C31H32N4O2. The molecule has 4 rings (SSSR count). The lowest BCUT2D eigenvalue weighted by molar-refractivity contribution is -0.121. The lowest BCUT2D eigenvalue weighted by atomic mass is 10.0. The molecule has 6 heteroatoms. The molecule has 0 radical (unpaired) electrons. The highest BCUT2D eigenvalue weighted by molar-refractivity contribution is 6.03. The van der Waals surface area contributed by atoms with Crippen molar-refractivity contribution in [3.8, 4) is 0 Å². The molecular weight excluding hydrogens is 460 g/mol. The van der Waals surface area contributed by atoms with Crippen LogP contribution in [0.15, 0.2) is 95.1 Å². The van der Waals surface area contributed by atoms with Crippen LogP contribution in [0, 0.1) is 0 Å². The summed E-state index contributed by atoms with van der Waals surface area (Å²) in [6.07, 6.45) is 2.92. The van der Waals surface area contributed by atoms with E-state index in [0.717, 1.165) is 39.7 Å². The lowest BCUT2D eigenvalue weighted by Gasteiger charge is -2.06. The largest absolute Gasteiger partial charge is 0.273 e. The highest BCUT2D eigenvalue weighted by Gasteiger charge is 2.05. The summed E-state index contributed by atoms with van der Waals surface area (Å²) in [4.78, 5) is 24.3. The summed E-state index contributed by atoms with van der Waals surface area (Å²) in [5.74, 6) is -0.250. The highest BCUT2D eigenvalue weighted by Crippen LogP contribution is 2.17. The summed E-state index contributed by atoms with van der Waals surface area (Å²) in [6, 6.07) is 28.5. The molecule has 0 saturated heterocycles. The fourth-order valence-electron chi connectivity index (χ4n) is 4.11. The third-order valence-corrected chi connectivity index (χ3v) is 6.34. The molecule has 0 atom stereocenters. The number of nitrogens with zero attached hydrogens (tertiary/aromatic N) is 2. The van der Waals surface area contributed by atoms with Crippen molar-refractivity contribution in [1.82, 2.24) is 10.9 Å². The van der Waals surface area contributed by atoms with Crippen molar-refractivity contribution in [2.75, 3.05) is 0 Å².